The molecule has 3 heteroatoms. The molecule has 72 valence electrons. The molecule has 0 amide bonds. The molecule has 0 unspecified atom stereocenters. The lowest BCUT2D eigenvalue weighted by Gasteiger charge is -1.96. The number of H-pyrrole nitrogens is 1. The molecule has 0 atom stereocenters. The summed E-state index contributed by atoms with van der Waals surface area (Å²) in [5.41, 5.74) is 1.12. The Hall–Kier alpha value is -0.830. The van der Waals surface area contributed by atoms with Crippen LogP contribution in [0.25, 0.3) is 0 Å². The van der Waals surface area contributed by atoms with Crippen LogP contribution in [0.3, 0.4) is 0 Å². The summed E-state index contributed by atoms with van der Waals surface area (Å²) in [6.07, 6.45) is 7.04. The number of hydrogen-bond donors (Lipinski definition) is 1. The lowest BCUT2D eigenvalue weighted by molar-refractivity contribution is 0.876. The van der Waals surface area contributed by atoms with Crippen LogP contribution in [0, 0.1) is 0 Å². The topological polar surface area (TPSA) is 32.9 Å². The third-order valence-corrected chi connectivity index (χ3v) is 2.79. The van der Waals surface area contributed by atoms with Gasteiger partial charge in [0, 0.05) is 17.0 Å². The maximum atomic E-state index is 11.1. The number of hydrogen-bond acceptors (Lipinski definition) is 2. The Labute approximate surface area is 82.3 Å². The quantitative estimate of drug-likeness (QED) is 0.739. The van der Waals surface area contributed by atoms with Crippen molar-refractivity contribution in [2.45, 2.75) is 33.1 Å². The van der Waals surface area contributed by atoms with Gasteiger partial charge in [-0.1, -0.05) is 36.8 Å². The van der Waals surface area contributed by atoms with Gasteiger partial charge in [-0.25, -0.2) is 0 Å². The number of thiazole rings is 1. The van der Waals surface area contributed by atoms with Gasteiger partial charge in [-0.3, -0.25) is 4.79 Å². The van der Waals surface area contributed by atoms with Crippen molar-refractivity contribution in [1.29, 1.82) is 0 Å². The molecule has 0 saturated heterocycles. The van der Waals surface area contributed by atoms with E-state index in [2.05, 4.69) is 18.0 Å². The first kappa shape index (κ1) is 10.3. The lowest BCUT2D eigenvalue weighted by atomic mass is 10.2. The molecule has 13 heavy (non-hydrogen) atoms. The summed E-state index contributed by atoms with van der Waals surface area (Å²) in [5.74, 6) is 0. The lowest BCUT2D eigenvalue weighted by Crippen LogP contribution is -1.95. The van der Waals surface area contributed by atoms with Gasteiger partial charge in [0.1, 0.15) is 0 Å². The Morgan fingerprint density at radius 2 is 2.31 bits per heavy atom. The Balaban J connectivity index is 2.83. The van der Waals surface area contributed by atoms with Gasteiger partial charge >= 0.3 is 4.87 Å². The zero-order chi connectivity index (χ0) is 9.68. The summed E-state index contributed by atoms with van der Waals surface area (Å²) in [6.45, 7) is 4.12. The molecule has 0 aromatic carbocycles. The van der Waals surface area contributed by atoms with Crippen molar-refractivity contribution in [1.82, 2.24) is 4.98 Å². The van der Waals surface area contributed by atoms with Crippen LogP contribution in [0.2, 0.25) is 0 Å². The minimum absolute atomic E-state index is 0.0722. The van der Waals surface area contributed by atoms with Crippen LogP contribution in [-0.2, 0) is 12.8 Å². The summed E-state index contributed by atoms with van der Waals surface area (Å²) >= 11 is 1.33. The minimum Gasteiger partial charge on any atom is -0.316 e. The highest BCUT2D eigenvalue weighted by atomic mass is 32.1. The van der Waals surface area contributed by atoms with Crippen LogP contribution in [0.15, 0.2) is 16.9 Å². The van der Waals surface area contributed by atoms with Gasteiger partial charge in [0.05, 0.1) is 0 Å². The van der Waals surface area contributed by atoms with Crippen LogP contribution in [0.5, 0.6) is 0 Å². The smallest absolute Gasteiger partial charge is 0.304 e. The van der Waals surface area contributed by atoms with Crippen LogP contribution in [0.1, 0.15) is 30.8 Å². The molecule has 0 aliphatic heterocycles. The standard InChI is InChI=1S/C10H15NOS/c1-3-5-7-9-8(6-4-2)11-10(12)13-9/h3,5H,4,6-7H2,1-2H3,(H,11,12)/b5-3+. The van der Waals surface area contributed by atoms with E-state index in [4.69, 9.17) is 0 Å². The number of aromatic amines is 1. The van der Waals surface area contributed by atoms with E-state index in [1.165, 1.54) is 16.2 Å². The van der Waals surface area contributed by atoms with Crippen LogP contribution < -0.4 is 4.87 Å². The summed E-state index contributed by atoms with van der Waals surface area (Å²) < 4.78 is 0. The van der Waals surface area contributed by atoms with Crippen molar-refractivity contribution < 1.29 is 0 Å². The fraction of sp³-hybridized carbons (Fsp3) is 0.500. The van der Waals surface area contributed by atoms with Crippen molar-refractivity contribution in [2.24, 2.45) is 0 Å². The highest BCUT2D eigenvalue weighted by Gasteiger charge is 2.04. The molecule has 1 aromatic heterocycles. The highest BCUT2D eigenvalue weighted by molar-refractivity contribution is 7.09. The number of nitrogens with one attached hydrogen (secondary N) is 1. The summed E-state index contributed by atoms with van der Waals surface area (Å²) in [6, 6.07) is 0. The normalized spacial score (nSPS) is 11.2. The molecule has 0 aliphatic rings. The zero-order valence-corrected chi connectivity index (χ0v) is 8.91. The van der Waals surface area contributed by atoms with Gasteiger partial charge in [-0.05, 0) is 13.3 Å². The number of allylic oxidation sites excluding steroid dienone is 2. The molecule has 0 bridgehead atoms. The Morgan fingerprint density at radius 3 is 2.92 bits per heavy atom. The van der Waals surface area contributed by atoms with Gasteiger partial charge in [0.25, 0.3) is 0 Å². The molecule has 0 saturated carbocycles. The van der Waals surface area contributed by atoms with Crippen molar-refractivity contribution in [3.8, 4) is 0 Å². The van der Waals surface area contributed by atoms with Crippen molar-refractivity contribution in [3.05, 3.63) is 32.4 Å². The first-order valence-corrected chi connectivity index (χ1v) is 5.41. The predicted octanol–water partition coefficient (Wildman–Crippen LogP) is 2.51. The van der Waals surface area contributed by atoms with E-state index < -0.39 is 0 Å². The molecule has 0 spiro atoms. The van der Waals surface area contributed by atoms with E-state index in [1.807, 2.05) is 13.0 Å². The van der Waals surface area contributed by atoms with Crippen LogP contribution in [-0.4, -0.2) is 4.98 Å². The van der Waals surface area contributed by atoms with Crippen molar-refractivity contribution >= 4 is 11.3 Å². The summed E-state index contributed by atoms with van der Waals surface area (Å²) in [5, 5.41) is 0. The average molecular weight is 197 g/mol. The van der Waals surface area contributed by atoms with Gasteiger partial charge in [0.2, 0.25) is 0 Å². The van der Waals surface area contributed by atoms with Gasteiger partial charge in [-0.15, -0.1) is 0 Å². The third kappa shape index (κ3) is 2.84. The first-order valence-electron chi connectivity index (χ1n) is 4.60. The molecule has 0 fully saturated rings. The van der Waals surface area contributed by atoms with Gasteiger partial charge in [-0.2, -0.15) is 0 Å². The van der Waals surface area contributed by atoms with E-state index in [0.717, 1.165) is 25.0 Å². The summed E-state index contributed by atoms with van der Waals surface area (Å²) in [7, 11) is 0. The Morgan fingerprint density at radius 1 is 1.54 bits per heavy atom. The minimum atomic E-state index is 0.0722. The SMILES string of the molecule is C/C=C/Cc1sc(=O)[nH]c1CCC. The van der Waals surface area contributed by atoms with E-state index in [0.29, 0.717) is 0 Å². The maximum absolute atomic E-state index is 11.1. The fourth-order valence-electron chi connectivity index (χ4n) is 1.23. The van der Waals surface area contributed by atoms with E-state index in [1.54, 1.807) is 0 Å². The third-order valence-electron chi connectivity index (χ3n) is 1.84. The second kappa shape index (κ2) is 5.02. The molecule has 2 nitrogen and oxygen atoms in total. The average Bonchev–Trinajstić information content (AvgIpc) is 2.44. The first-order chi connectivity index (χ1) is 6.27. The predicted molar refractivity (Wildman–Crippen MR) is 57.5 cm³/mol. The van der Waals surface area contributed by atoms with Gasteiger partial charge < -0.3 is 4.98 Å². The van der Waals surface area contributed by atoms with Crippen molar-refractivity contribution in [2.75, 3.05) is 0 Å². The number of rotatable bonds is 4. The molecule has 1 aromatic rings. The molecular weight excluding hydrogens is 182 g/mol. The van der Waals surface area contributed by atoms with Gasteiger partial charge in [0.15, 0.2) is 0 Å². The van der Waals surface area contributed by atoms with Crippen molar-refractivity contribution in [3.63, 3.8) is 0 Å². The zero-order valence-electron chi connectivity index (χ0n) is 8.09. The Bertz CT molecular complexity index is 335. The molecule has 1 N–H and O–H groups in total. The molecule has 0 aliphatic carbocycles. The monoisotopic (exact) mass is 197 g/mol. The Kier molecular flexibility index (Phi) is 3.96. The van der Waals surface area contributed by atoms with E-state index >= 15 is 0 Å². The summed E-state index contributed by atoms with van der Waals surface area (Å²) in [4.78, 5) is 15.2. The number of aryl methyl sites for hydroxylation is 1. The molecule has 1 heterocycles. The number of aromatic nitrogens is 1. The maximum Gasteiger partial charge on any atom is 0.304 e. The largest absolute Gasteiger partial charge is 0.316 e. The molecular formula is C10H15NOS. The van der Waals surface area contributed by atoms with E-state index in [-0.39, 0.29) is 4.87 Å². The molecule has 1 rings (SSSR count). The van der Waals surface area contributed by atoms with E-state index in [9.17, 15) is 4.79 Å². The second-order valence-corrected chi connectivity index (χ2v) is 4.01. The molecule has 0 radical (unpaired) electrons. The highest BCUT2D eigenvalue weighted by Crippen LogP contribution is 2.12. The van der Waals surface area contributed by atoms with Crippen LogP contribution >= 0.6 is 11.3 Å². The fourth-order valence-corrected chi connectivity index (χ4v) is 2.09. The van der Waals surface area contributed by atoms with Crippen LogP contribution in [0.4, 0.5) is 0 Å². The second-order valence-electron chi connectivity index (χ2n) is 2.94.